The van der Waals surface area contributed by atoms with Gasteiger partial charge in [0, 0.05) is 6.54 Å². The molecule has 102 valence electrons. The summed E-state index contributed by atoms with van der Waals surface area (Å²) in [6.45, 7) is 2.89. The normalized spacial score (nSPS) is 17.8. The van der Waals surface area contributed by atoms with Gasteiger partial charge in [0.15, 0.2) is 0 Å². The Morgan fingerprint density at radius 1 is 1.68 bits per heavy atom. The van der Waals surface area contributed by atoms with Gasteiger partial charge in [0.25, 0.3) is 0 Å². The molecule has 1 saturated carbocycles. The molecule has 2 rings (SSSR count). The second-order valence-corrected chi connectivity index (χ2v) is 6.22. The zero-order valence-corrected chi connectivity index (χ0v) is 12.2. The average Bonchev–Trinajstić information content (AvgIpc) is 3.10. The maximum atomic E-state index is 12.0. The minimum atomic E-state index is -0.694. The summed E-state index contributed by atoms with van der Waals surface area (Å²) in [6, 6.07) is 4.30. The molecule has 4 nitrogen and oxygen atoms in total. The first kappa shape index (κ1) is 14.0. The summed E-state index contributed by atoms with van der Waals surface area (Å²) in [5, 5.41) is 16.2. The Morgan fingerprint density at radius 3 is 2.95 bits per heavy atom. The Hall–Kier alpha value is -1.38. The highest BCUT2D eigenvalue weighted by molar-refractivity contribution is 7.07. The van der Waals surface area contributed by atoms with E-state index in [2.05, 4.69) is 22.8 Å². The van der Waals surface area contributed by atoms with Crippen LogP contribution in [-0.4, -0.2) is 29.9 Å². The van der Waals surface area contributed by atoms with Crippen molar-refractivity contribution >= 4 is 17.2 Å². The molecule has 1 aromatic rings. The molecule has 1 aliphatic carbocycles. The van der Waals surface area contributed by atoms with Gasteiger partial charge in [-0.15, -0.1) is 0 Å². The van der Waals surface area contributed by atoms with Gasteiger partial charge in [0.05, 0.1) is 12.6 Å². The molecule has 0 aliphatic heterocycles. The monoisotopic (exact) mass is 277 g/mol. The van der Waals surface area contributed by atoms with E-state index in [9.17, 15) is 10.1 Å². The van der Waals surface area contributed by atoms with Crippen LogP contribution in [-0.2, 0) is 11.3 Å². The topological polar surface area (TPSA) is 56.1 Å². The fraction of sp³-hybridized carbons (Fsp3) is 0.571. The molecule has 1 amide bonds. The van der Waals surface area contributed by atoms with Crippen molar-refractivity contribution in [2.45, 2.75) is 31.8 Å². The van der Waals surface area contributed by atoms with Gasteiger partial charge in [-0.05, 0) is 55.1 Å². The Balaban J connectivity index is 1.82. The van der Waals surface area contributed by atoms with Gasteiger partial charge in [-0.2, -0.15) is 16.6 Å². The molecule has 1 heterocycles. The van der Waals surface area contributed by atoms with E-state index in [1.165, 1.54) is 5.56 Å². The molecule has 0 unspecified atom stereocenters. The summed E-state index contributed by atoms with van der Waals surface area (Å²) in [5.74, 6) is 0.248. The fourth-order valence-corrected chi connectivity index (χ4v) is 2.87. The van der Waals surface area contributed by atoms with Gasteiger partial charge < -0.3 is 5.32 Å². The maximum absolute atomic E-state index is 12.0. The summed E-state index contributed by atoms with van der Waals surface area (Å²) in [7, 11) is 1.91. The van der Waals surface area contributed by atoms with Crippen molar-refractivity contribution in [2.24, 2.45) is 5.92 Å². The highest BCUT2D eigenvalue weighted by Crippen LogP contribution is 2.39. The van der Waals surface area contributed by atoms with E-state index in [0.29, 0.717) is 12.5 Å². The lowest BCUT2D eigenvalue weighted by Crippen LogP contribution is -2.49. The Bertz CT molecular complexity index is 475. The number of nitrogens with one attached hydrogen (secondary N) is 1. The lowest BCUT2D eigenvalue weighted by atomic mass is 9.98. The van der Waals surface area contributed by atoms with Crippen LogP contribution < -0.4 is 5.32 Å². The van der Waals surface area contributed by atoms with Gasteiger partial charge in [-0.25, -0.2) is 0 Å². The van der Waals surface area contributed by atoms with Gasteiger partial charge in [0.2, 0.25) is 5.91 Å². The van der Waals surface area contributed by atoms with Crippen LogP contribution in [0.3, 0.4) is 0 Å². The first-order valence-corrected chi connectivity index (χ1v) is 7.39. The van der Waals surface area contributed by atoms with Crippen molar-refractivity contribution in [3.05, 3.63) is 22.4 Å². The summed E-state index contributed by atoms with van der Waals surface area (Å²) < 4.78 is 0. The van der Waals surface area contributed by atoms with Crippen LogP contribution in [0.25, 0.3) is 0 Å². The molecule has 0 saturated heterocycles. The fourth-order valence-electron chi connectivity index (χ4n) is 2.21. The first-order chi connectivity index (χ1) is 9.03. The third kappa shape index (κ3) is 3.79. The smallest absolute Gasteiger partial charge is 0.235 e. The summed E-state index contributed by atoms with van der Waals surface area (Å²) in [6.07, 6.45) is 2.07. The van der Waals surface area contributed by atoms with Crippen LogP contribution in [0.4, 0.5) is 0 Å². The number of hydrogen-bond acceptors (Lipinski definition) is 4. The van der Waals surface area contributed by atoms with Gasteiger partial charge in [-0.3, -0.25) is 9.69 Å². The average molecular weight is 277 g/mol. The van der Waals surface area contributed by atoms with Gasteiger partial charge >= 0.3 is 0 Å². The molecule has 19 heavy (non-hydrogen) atoms. The quantitative estimate of drug-likeness (QED) is 0.865. The number of rotatable bonds is 6. The van der Waals surface area contributed by atoms with Crippen LogP contribution in [0.2, 0.25) is 0 Å². The standard InChI is InChI=1S/C14H19N3OS/c1-14(10-15,12-3-4-12)16-13(18)8-17(2)7-11-5-6-19-9-11/h5-6,9,12H,3-4,7-8H2,1-2H3,(H,16,18)/t14-/m1/s1. The van der Waals surface area contributed by atoms with Crippen LogP contribution in [0.1, 0.15) is 25.3 Å². The first-order valence-electron chi connectivity index (χ1n) is 6.45. The highest BCUT2D eigenvalue weighted by atomic mass is 32.1. The lowest BCUT2D eigenvalue weighted by molar-refractivity contribution is -0.123. The molecule has 0 bridgehead atoms. The van der Waals surface area contributed by atoms with E-state index < -0.39 is 5.54 Å². The van der Waals surface area contributed by atoms with Crippen molar-refractivity contribution in [1.82, 2.24) is 10.2 Å². The van der Waals surface area contributed by atoms with Crippen LogP contribution in [0.15, 0.2) is 16.8 Å². The number of likely N-dealkylation sites (N-methyl/N-ethyl adjacent to an activating group) is 1. The molecule has 0 radical (unpaired) electrons. The number of nitriles is 1. The third-order valence-corrected chi connectivity index (χ3v) is 4.20. The van der Waals surface area contributed by atoms with Crippen molar-refractivity contribution in [2.75, 3.05) is 13.6 Å². The predicted molar refractivity (Wildman–Crippen MR) is 75.5 cm³/mol. The van der Waals surface area contributed by atoms with Crippen LogP contribution in [0.5, 0.6) is 0 Å². The van der Waals surface area contributed by atoms with E-state index in [1.54, 1.807) is 11.3 Å². The molecular weight excluding hydrogens is 258 g/mol. The lowest BCUT2D eigenvalue weighted by Gasteiger charge is -2.24. The predicted octanol–water partition coefficient (Wildman–Crippen LogP) is 1.99. The Morgan fingerprint density at radius 2 is 2.42 bits per heavy atom. The van der Waals surface area contributed by atoms with E-state index in [0.717, 1.165) is 19.4 Å². The van der Waals surface area contributed by atoms with E-state index >= 15 is 0 Å². The number of hydrogen-bond donors (Lipinski definition) is 1. The molecule has 1 aliphatic rings. The Labute approximate surface area is 118 Å². The van der Waals surface area contributed by atoms with Crippen LogP contribution >= 0.6 is 11.3 Å². The van der Waals surface area contributed by atoms with Crippen molar-refractivity contribution in [3.63, 3.8) is 0 Å². The summed E-state index contributed by atoms with van der Waals surface area (Å²) in [5.41, 5.74) is 0.519. The molecule has 1 aromatic heterocycles. The van der Waals surface area contributed by atoms with E-state index in [-0.39, 0.29) is 5.91 Å². The molecule has 5 heteroatoms. The third-order valence-electron chi connectivity index (χ3n) is 3.47. The van der Waals surface area contributed by atoms with Crippen molar-refractivity contribution < 1.29 is 4.79 Å². The summed E-state index contributed by atoms with van der Waals surface area (Å²) in [4.78, 5) is 13.9. The number of carbonyl (C=O) groups is 1. The van der Waals surface area contributed by atoms with Gasteiger partial charge in [0.1, 0.15) is 5.54 Å². The van der Waals surface area contributed by atoms with E-state index in [1.807, 2.05) is 24.3 Å². The molecular formula is C14H19N3OS. The van der Waals surface area contributed by atoms with Crippen LogP contribution in [0, 0.1) is 17.2 Å². The number of thiophene rings is 1. The molecule has 1 fully saturated rings. The van der Waals surface area contributed by atoms with Crippen molar-refractivity contribution in [1.29, 1.82) is 5.26 Å². The highest BCUT2D eigenvalue weighted by Gasteiger charge is 2.42. The SMILES string of the molecule is CN(CC(=O)N[C@](C)(C#N)C1CC1)Cc1ccsc1. The summed E-state index contributed by atoms with van der Waals surface area (Å²) >= 11 is 1.66. The molecule has 1 atom stereocenters. The van der Waals surface area contributed by atoms with Gasteiger partial charge in [-0.1, -0.05) is 0 Å². The number of carbonyl (C=O) groups excluding carboxylic acids is 1. The van der Waals surface area contributed by atoms with E-state index in [4.69, 9.17) is 0 Å². The minimum absolute atomic E-state index is 0.0753. The molecule has 1 N–H and O–H groups in total. The maximum Gasteiger partial charge on any atom is 0.235 e. The molecule has 0 spiro atoms. The zero-order chi connectivity index (χ0) is 13.9. The Kier molecular flexibility index (Phi) is 4.23. The second kappa shape index (κ2) is 5.72. The number of nitrogens with zero attached hydrogens (tertiary/aromatic N) is 2. The van der Waals surface area contributed by atoms with Crippen molar-refractivity contribution in [3.8, 4) is 6.07 Å². The minimum Gasteiger partial charge on any atom is -0.337 e. The largest absolute Gasteiger partial charge is 0.337 e. The zero-order valence-electron chi connectivity index (χ0n) is 11.3. The molecule has 0 aromatic carbocycles. The second-order valence-electron chi connectivity index (χ2n) is 5.44. The number of amides is 1.